The Morgan fingerprint density at radius 1 is 1.42 bits per heavy atom. The molecule has 2 rings (SSSR count). The van der Waals surface area contributed by atoms with Gasteiger partial charge in [0, 0.05) is 5.38 Å². The topological polar surface area (TPSA) is 55.1 Å². The maximum absolute atomic E-state index is 8.69. The molecule has 1 heterocycles. The largest absolute Gasteiger partial charge is 0.493 e. The van der Waals surface area contributed by atoms with Gasteiger partial charge in [0.05, 0.1) is 37.5 Å². The fourth-order valence-corrected chi connectivity index (χ4v) is 2.57. The molecule has 0 aliphatic rings. The fraction of sp³-hybridized carbons (Fsp3) is 0.286. The third kappa shape index (κ3) is 2.85. The lowest BCUT2D eigenvalue weighted by Gasteiger charge is -2.12. The summed E-state index contributed by atoms with van der Waals surface area (Å²) in [7, 11) is 1.62. The van der Waals surface area contributed by atoms with Crippen LogP contribution in [-0.2, 0) is 6.42 Å². The molecule has 0 amide bonds. The van der Waals surface area contributed by atoms with Gasteiger partial charge < -0.3 is 9.47 Å². The quantitative estimate of drug-likeness (QED) is 0.839. The minimum absolute atomic E-state index is 0.324. The zero-order valence-electron chi connectivity index (χ0n) is 10.8. The molecule has 0 unspecified atom stereocenters. The molecular formula is C14H14N2O2S. The third-order valence-electron chi connectivity index (χ3n) is 2.53. The first-order valence-electron chi connectivity index (χ1n) is 5.91. The molecule has 0 spiro atoms. The molecule has 1 aromatic carbocycles. The maximum atomic E-state index is 8.69. The van der Waals surface area contributed by atoms with Gasteiger partial charge in [0.1, 0.15) is 5.01 Å². The van der Waals surface area contributed by atoms with Crippen molar-refractivity contribution in [1.29, 1.82) is 5.26 Å². The van der Waals surface area contributed by atoms with Crippen molar-refractivity contribution >= 4 is 11.3 Å². The van der Waals surface area contributed by atoms with Crippen LogP contribution >= 0.6 is 11.3 Å². The first-order chi connectivity index (χ1) is 9.30. The standard InChI is InChI=1S/C14H14N2O2S/c1-3-18-13-11(5-4-6-12(13)17-2)14-16-10(7-8-15)9-19-14/h4-6,9H,3,7H2,1-2H3. The molecule has 98 valence electrons. The summed E-state index contributed by atoms with van der Waals surface area (Å²) in [5.74, 6) is 1.39. The van der Waals surface area contributed by atoms with Crippen molar-refractivity contribution in [3.63, 3.8) is 0 Å². The van der Waals surface area contributed by atoms with Gasteiger partial charge in [-0.3, -0.25) is 0 Å². The summed E-state index contributed by atoms with van der Waals surface area (Å²) in [6.07, 6.45) is 0.324. The van der Waals surface area contributed by atoms with Crippen LogP contribution in [0.25, 0.3) is 10.6 Å². The van der Waals surface area contributed by atoms with Gasteiger partial charge in [0.25, 0.3) is 0 Å². The van der Waals surface area contributed by atoms with Gasteiger partial charge in [0.15, 0.2) is 11.5 Å². The summed E-state index contributed by atoms with van der Waals surface area (Å²) >= 11 is 1.50. The van der Waals surface area contributed by atoms with Crippen molar-refractivity contribution in [1.82, 2.24) is 4.98 Å². The third-order valence-corrected chi connectivity index (χ3v) is 3.45. The summed E-state index contributed by atoms with van der Waals surface area (Å²) in [5, 5.41) is 11.4. The lowest BCUT2D eigenvalue weighted by Crippen LogP contribution is -1.97. The van der Waals surface area contributed by atoms with E-state index in [4.69, 9.17) is 14.7 Å². The number of aromatic nitrogens is 1. The predicted octanol–water partition coefficient (Wildman–Crippen LogP) is 3.28. The molecule has 5 heteroatoms. The SMILES string of the molecule is CCOc1c(OC)cccc1-c1nc(CC#N)cs1. The van der Waals surface area contributed by atoms with Crippen molar-refractivity contribution in [2.24, 2.45) is 0 Å². The minimum Gasteiger partial charge on any atom is -0.493 e. The molecule has 2 aromatic rings. The number of para-hydroxylation sites is 1. The number of benzene rings is 1. The Balaban J connectivity index is 2.45. The van der Waals surface area contributed by atoms with Gasteiger partial charge in [-0.25, -0.2) is 4.98 Å². The number of thiazole rings is 1. The van der Waals surface area contributed by atoms with Gasteiger partial charge in [-0.1, -0.05) is 6.07 Å². The Hall–Kier alpha value is -2.06. The smallest absolute Gasteiger partial charge is 0.171 e. The molecular weight excluding hydrogens is 260 g/mol. The molecule has 4 nitrogen and oxygen atoms in total. The van der Waals surface area contributed by atoms with Crippen molar-refractivity contribution in [2.45, 2.75) is 13.3 Å². The summed E-state index contributed by atoms with van der Waals surface area (Å²) in [6, 6.07) is 7.81. The van der Waals surface area contributed by atoms with E-state index >= 15 is 0 Å². The fourth-order valence-electron chi connectivity index (χ4n) is 1.73. The Bertz CT molecular complexity index is 602. The van der Waals surface area contributed by atoms with E-state index in [1.807, 2.05) is 30.5 Å². The van der Waals surface area contributed by atoms with E-state index in [-0.39, 0.29) is 0 Å². The number of methoxy groups -OCH3 is 1. The van der Waals surface area contributed by atoms with Crippen molar-refractivity contribution in [2.75, 3.05) is 13.7 Å². The molecule has 0 saturated carbocycles. The first-order valence-corrected chi connectivity index (χ1v) is 6.79. The second kappa shape index (κ2) is 6.21. The van der Waals surface area contributed by atoms with Crippen LogP contribution in [0.3, 0.4) is 0 Å². The second-order valence-corrected chi connectivity index (χ2v) is 4.61. The lowest BCUT2D eigenvalue weighted by atomic mass is 10.2. The molecule has 0 fully saturated rings. The van der Waals surface area contributed by atoms with Crippen molar-refractivity contribution < 1.29 is 9.47 Å². The molecule has 0 aliphatic carbocycles. The van der Waals surface area contributed by atoms with Crippen LogP contribution in [0.1, 0.15) is 12.6 Å². The highest BCUT2D eigenvalue weighted by Crippen LogP contribution is 2.39. The molecule has 0 aliphatic heterocycles. The molecule has 0 bridgehead atoms. The number of hydrogen-bond acceptors (Lipinski definition) is 5. The number of nitriles is 1. The Morgan fingerprint density at radius 3 is 2.95 bits per heavy atom. The van der Waals surface area contributed by atoms with Crippen LogP contribution in [0.15, 0.2) is 23.6 Å². The van der Waals surface area contributed by atoms with E-state index in [0.717, 1.165) is 16.3 Å². The number of nitrogens with zero attached hydrogens (tertiary/aromatic N) is 2. The van der Waals surface area contributed by atoms with Crippen LogP contribution in [0.5, 0.6) is 11.5 Å². The summed E-state index contributed by atoms with van der Waals surface area (Å²) in [4.78, 5) is 4.45. The average Bonchev–Trinajstić information content (AvgIpc) is 2.88. The minimum atomic E-state index is 0.324. The number of ether oxygens (including phenoxy) is 2. The molecule has 19 heavy (non-hydrogen) atoms. The Morgan fingerprint density at radius 2 is 2.26 bits per heavy atom. The summed E-state index contributed by atoms with van der Waals surface area (Å²) in [5.41, 5.74) is 1.68. The zero-order chi connectivity index (χ0) is 13.7. The Labute approximate surface area is 116 Å². The average molecular weight is 274 g/mol. The second-order valence-electron chi connectivity index (χ2n) is 3.75. The van der Waals surface area contributed by atoms with Gasteiger partial charge >= 0.3 is 0 Å². The van der Waals surface area contributed by atoms with Crippen LogP contribution in [0.4, 0.5) is 0 Å². The van der Waals surface area contributed by atoms with Crippen LogP contribution < -0.4 is 9.47 Å². The van der Waals surface area contributed by atoms with E-state index in [1.165, 1.54) is 11.3 Å². The van der Waals surface area contributed by atoms with E-state index in [0.29, 0.717) is 24.5 Å². The molecule has 0 N–H and O–H groups in total. The van der Waals surface area contributed by atoms with Gasteiger partial charge in [0.2, 0.25) is 0 Å². The van der Waals surface area contributed by atoms with E-state index < -0.39 is 0 Å². The van der Waals surface area contributed by atoms with E-state index in [9.17, 15) is 0 Å². The van der Waals surface area contributed by atoms with Crippen molar-refractivity contribution in [3.8, 4) is 28.1 Å². The molecule has 0 radical (unpaired) electrons. The highest BCUT2D eigenvalue weighted by Gasteiger charge is 2.14. The zero-order valence-corrected chi connectivity index (χ0v) is 11.7. The maximum Gasteiger partial charge on any atom is 0.171 e. The Kier molecular flexibility index (Phi) is 4.37. The summed E-state index contributed by atoms with van der Waals surface area (Å²) < 4.78 is 11.0. The number of hydrogen-bond donors (Lipinski definition) is 0. The van der Waals surface area contributed by atoms with Crippen molar-refractivity contribution in [3.05, 3.63) is 29.3 Å². The van der Waals surface area contributed by atoms with E-state index in [2.05, 4.69) is 11.1 Å². The van der Waals surface area contributed by atoms with Gasteiger partial charge in [-0.2, -0.15) is 5.26 Å². The highest BCUT2D eigenvalue weighted by atomic mass is 32.1. The van der Waals surface area contributed by atoms with Gasteiger partial charge in [-0.05, 0) is 19.1 Å². The first kappa shape index (κ1) is 13.4. The molecule has 0 saturated heterocycles. The normalized spacial score (nSPS) is 9.95. The van der Waals surface area contributed by atoms with Crippen LogP contribution in [-0.4, -0.2) is 18.7 Å². The van der Waals surface area contributed by atoms with Crippen LogP contribution in [0, 0.1) is 11.3 Å². The predicted molar refractivity (Wildman–Crippen MR) is 74.6 cm³/mol. The highest BCUT2D eigenvalue weighted by molar-refractivity contribution is 7.13. The molecule has 1 aromatic heterocycles. The van der Waals surface area contributed by atoms with E-state index in [1.54, 1.807) is 7.11 Å². The van der Waals surface area contributed by atoms with Crippen LogP contribution in [0.2, 0.25) is 0 Å². The lowest BCUT2D eigenvalue weighted by molar-refractivity contribution is 0.312. The summed E-state index contributed by atoms with van der Waals surface area (Å²) in [6.45, 7) is 2.49. The molecule has 0 atom stereocenters. The number of rotatable bonds is 5. The monoisotopic (exact) mass is 274 g/mol. The van der Waals surface area contributed by atoms with Gasteiger partial charge in [-0.15, -0.1) is 11.3 Å².